The van der Waals surface area contributed by atoms with E-state index in [0.29, 0.717) is 28.0 Å². The van der Waals surface area contributed by atoms with Crippen LogP contribution in [0.2, 0.25) is 5.02 Å². The molecule has 1 aliphatic heterocycles. The zero-order chi connectivity index (χ0) is 21.0. The van der Waals surface area contributed by atoms with Crippen LogP contribution >= 0.6 is 23.4 Å². The smallest absolute Gasteiger partial charge is 0.298 e. The van der Waals surface area contributed by atoms with Gasteiger partial charge >= 0.3 is 0 Å². The number of nitrogens with zero attached hydrogens (tertiary/aromatic N) is 2. The maximum atomic E-state index is 12.9. The molecule has 29 heavy (non-hydrogen) atoms. The Hall–Kier alpha value is -2.44. The molecule has 0 saturated carbocycles. The molecule has 2 amide bonds. The van der Waals surface area contributed by atoms with Gasteiger partial charge in [-0.05, 0) is 68.9 Å². The van der Waals surface area contributed by atoms with Crippen molar-refractivity contribution in [1.29, 1.82) is 0 Å². The summed E-state index contributed by atoms with van der Waals surface area (Å²) in [7, 11) is 0. The lowest BCUT2D eigenvalue weighted by atomic mass is 10.1. The van der Waals surface area contributed by atoms with Crippen LogP contribution in [-0.2, 0) is 4.79 Å². The van der Waals surface area contributed by atoms with Crippen LogP contribution < -0.4 is 14.5 Å². The molecule has 0 atom stereocenters. The molecule has 1 saturated heterocycles. The topological polar surface area (TPSA) is 49.9 Å². The summed E-state index contributed by atoms with van der Waals surface area (Å²) in [5, 5.41) is 0.123. The summed E-state index contributed by atoms with van der Waals surface area (Å²) in [6.07, 6.45) is 1.71. The lowest BCUT2D eigenvalue weighted by Crippen LogP contribution is -2.27. The highest BCUT2D eigenvalue weighted by molar-refractivity contribution is 8.19. The van der Waals surface area contributed by atoms with Crippen molar-refractivity contribution in [3.63, 3.8) is 0 Å². The zero-order valence-corrected chi connectivity index (χ0v) is 18.2. The summed E-state index contributed by atoms with van der Waals surface area (Å²) in [6, 6.07) is 12.6. The molecule has 0 aromatic heterocycles. The number of imide groups is 1. The fourth-order valence-corrected chi connectivity index (χ4v) is 4.17. The maximum absolute atomic E-state index is 12.9. The Morgan fingerprint density at radius 2 is 1.86 bits per heavy atom. The zero-order valence-electron chi connectivity index (χ0n) is 16.6. The number of ether oxygens (including phenoxy) is 1. The SMILES string of the molecule is CCOc1cc(N(CC)CC)ccc1/C=C1\SC(=O)N(c2cccc(Cl)c2)C1=O. The molecule has 5 nitrogen and oxygen atoms in total. The maximum Gasteiger partial charge on any atom is 0.298 e. The monoisotopic (exact) mass is 430 g/mol. The van der Waals surface area contributed by atoms with E-state index in [-0.39, 0.29) is 11.1 Å². The van der Waals surface area contributed by atoms with Crippen molar-refractivity contribution in [3.8, 4) is 5.75 Å². The summed E-state index contributed by atoms with van der Waals surface area (Å²) < 4.78 is 5.81. The van der Waals surface area contributed by atoms with Gasteiger partial charge < -0.3 is 9.64 Å². The van der Waals surface area contributed by atoms with E-state index in [1.165, 1.54) is 0 Å². The normalized spacial score (nSPS) is 15.3. The number of amides is 2. The van der Waals surface area contributed by atoms with Gasteiger partial charge in [0.25, 0.3) is 11.1 Å². The van der Waals surface area contributed by atoms with Gasteiger partial charge in [-0.3, -0.25) is 9.59 Å². The van der Waals surface area contributed by atoms with Gasteiger partial charge in [-0.1, -0.05) is 17.7 Å². The van der Waals surface area contributed by atoms with Crippen LogP contribution in [0, 0.1) is 0 Å². The van der Waals surface area contributed by atoms with Crippen molar-refractivity contribution in [3.05, 3.63) is 58.0 Å². The van der Waals surface area contributed by atoms with Crippen LogP contribution in [0.15, 0.2) is 47.4 Å². The van der Waals surface area contributed by atoms with E-state index in [4.69, 9.17) is 16.3 Å². The van der Waals surface area contributed by atoms with Gasteiger partial charge in [-0.2, -0.15) is 0 Å². The van der Waals surface area contributed by atoms with Gasteiger partial charge in [0.15, 0.2) is 0 Å². The summed E-state index contributed by atoms with van der Waals surface area (Å²) in [5.74, 6) is 0.323. The van der Waals surface area contributed by atoms with E-state index in [0.717, 1.165) is 41.0 Å². The van der Waals surface area contributed by atoms with Gasteiger partial charge in [0, 0.05) is 35.4 Å². The van der Waals surface area contributed by atoms with Gasteiger partial charge in [-0.15, -0.1) is 0 Å². The van der Waals surface area contributed by atoms with Crippen molar-refractivity contribution in [2.75, 3.05) is 29.5 Å². The second-order valence-corrected chi connectivity index (χ2v) is 7.75. The Labute approximate surface area is 180 Å². The first kappa shape index (κ1) is 21.3. The van der Waals surface area contributed by atoms with Crippen molar-refractivity contribution < 1.29 is 14.3 Å². The van der Waals surface area contributed by atoms with Crippen LogP contribution in [0.25, 0.3) is 6.08 Å². The van der Waals surface area contributed by atoms with E-state index < -0.39 is 0 Å². The van der Waals surface area contributed by atoms with E-state index in [1.807, 2.05) is 25.1 Å². The fraction of sp³-hybridized carbons (Fsp3) is 0.273. The second kappa shape index (κ2) is 9.37. The van der Waals surface area contributed by atoms with Crippen LogP contribution in [0.1, 0.15) is 26.3 Å². The molecule has 2 aromatic rings. The number of thioether (sulfide) groups is 1. The van der Waals surface area contributed by atoms with Crippen LogP contribution in [0.4, 0.5) is 16.2 Å². The Balaban J connectivity index is 1.95. The molecular weight excluding hydrogens is 408 g/mol. The Bertz CT molecular complexity index is 957. The number of rotatable bonds is 7. The predicted octanol–water partition coefficient (Wildman–Crippen LogP) is 5.83. The standard InChI is InChI=1S/C22H23ClN2O3S/c1-4-24(5-2)17-11-10-15(19(14-17)28-6-3)12-20-21(26)25(22(27)29-20)18-9-7-8-16(23)13-18/h7-14H,4-6H2,1-3H3/b20-12-. The van der Waals surface area contributed by atoms with Crippen molar-refractivity contribution in [2.45, 2.75) is 20.8 Å². The highest BCUT2D eigenvalue weighted by Crippen LogP contribution is 2.38. The molecule has 7 heteroatoms. The summed E-state index contributed by atoms with van der Waals surface area (Å²) >= 11 is 6.93. The Kier molecular flexibility index (Phi) is 6.87. The lowest BCUT2D eigenvalue weighted by molar-refractivity contribution is -0.113. The first-order chi connectivity index (χ1) is 14.0. The minimum atomic E-state index is -0.363. The molecule has 0 radical (unpaired) electrons. The number of hydrogen-bond acceptors (Lipinski definition) is 5. The van der Waals surface area contributed by atoms with Crippen molar-refractivity contribution in [1.82, 2.24) is 0 Å². The third-order valence-electron chi connectivity index (χ3n) is 4.57. The molecule has 1 aliphatic rings. The highest BCUT2D eigenvalue weighted by Gasteiger charge is 2.36. The number of benzene rings is 2. The molecule has 1 fully saturated rings. The number of hydrogen-bond donors (Lipinski definition) is 0. The summed E-state index contributed by atoms with van der Waals surface area (Å²) in [4.78, 5) is 29.1. The molecule has 0 aliphatic carbocycles. The first-order valence-electron chi connectivity index (χ1n) is 9.53. The number of anilines is 2. The number of carbonyl (C=O) groups excluding carboxylic acids is 2. The van der Waals surface area contributed by atoms with Crippen LogP contribution in [0.3, 0.4) is 0 Å². The molecule has 0 unspecified atom stereocenters. The molecule has 0 bridgehead atoms. The van der Waals surface area contributed by atoms with Crippen molar-refractivity contribution >= 4 is 52.0 Å². The number of carbonyl (C=O) groups is 2. The first-order valence-corrected chi connectivity index (χ1v) is 10.7. The average molecular weight is 431 g/mol. The highest BCUT2D eigenvalue weighted by atomic mass is 35.5. The number of halogens is 1. The molecule has 3 rings (SSSR count). The third kappa shape index (κ3) is 4.60. The average Bonchev–Trinajstić information content (AvgIpc) is 2.98. The minimum Gasteiger partial charge on any atom is -0.493 e. The molecule has 2 aromatic carbocycles. The van der Waals surface area contributed by atoms with Crippen LogP contribution in [0.5, 0.6) is 5.75 Å². The van der Waals surface area contributed by atoms with E-state index in [9.17, 15) is 9.59 Å². The Morgan fingerprint density at radius 3 is 2.52 bits per heavy atom. The molecule has 0 N–H and O–H groups in total. The fourth-order valence-electron chi connectivity index (χ4n) is 3.16. The van der Waals surface area contributed by atoms with Gasteiger partial charge in [0.05, 0.1) is 17.2 Å². The predicted molar refractivity (Wildman–Crippen MR) is 121 cm³/mol. The molecule has 152 valence electrons. The molecular formula is C22H23ClN2O3S. The van der Waals surface area contributed by atoms with E-state index in [2.05, 4.69) is 18.7 Å². The summed E-state index contributed by atoms with van der Waals surface area (Å²) in [5.41, 5.74) is 2.28. The van der Waals surface area contributed by atoms with Gasteiger partial charge in [0.2, 0.25) is 0 Å². The quantitative estimate of drug-likeness (QED) is 0.517. The Morgan fingerprint density at radius 1 is 1.10 bits per heavy atom. The second-order valence-electron chi connectivity index (χ2n) is 6.32. The van der Waals surface area contributed by atoms with Crippen molar-refractivity contribution in [2.24, 2.45) is 0 Å². The molecule has 1 heterocycles. The van der Waals surface area contributed by atoms with E-state index in [1.54, 1.807) is 30.3 Å². The van der Waals surface area contributed by atoms with Gasteiger partial charge in [0.1, 0.15) is 5.75 Å². The lowest BCUT2D eigenvalue weighted by Gasteiger charge is -2.22. The van der Waals surface area contributed by atoms with Crippen LogP contribution in [-0.4, -0.2) is 30.8 Å². The third-order valence-corrected chi connectivity index (χ3v) is 5.68. The molecule has 0 spiro atoms. The largest absolute Gasteiger partial charge is 0.493 e. The minimum absolute atomic E-state index is 0.346. The summed E-state index contributed by atoms with van der Waals surface area (Å²) in [6.45, 7) is 8.40. The van der Waals surface area contributed by atoms with E-state index >= 15 is 0 Å². The van der Waals surface area contributed by atoms with Gasteiger partial charge in [-0.25, -0.2) is 4.90 Å².